The fourth-order valence-electron chi connectivity index (χ4n) is 4.12. The lowest BCUT2D eigenvalue weighted by Crippen LogP contribution is -2.44. The van der Waals surface area contributed by atoms with Crippen LogP contribution in [0.3, 0.4) is 0 Å². The molecule has 5 rings (SSSR count). The molecule has 13 nitrogen and oxygen atoms in total. The second-order valence-corrected chi connectivity index (χ2v) is 9.27. The molecular formula is C26H23ClN8O5. The zero-order valence-electron chi connectivity index (χ0n) is 20.9. The molecule has 0 radical (unpaired) electrons. The molecule has 0 aliphatic carbocycles. The van der Waals surface area contributed by atoms with Gasteiger partial charge in [-0.05, 0) is 65.0 Å². The minimum absolute atomic E-state index is 0.0841. The topological polar surface area (TPSA) is 166 Å². The van der Waals surface area contributed by atoms with Gasteiger partial charge in [0.25, 0.3) is 0 Å². The molecule has 2 aromatic carbocycles. The van der Waals surface area contributed by atoms with E-state index in [2.05, 4.69) is 31.3 Å². The Balaban J connectivity index is 1.35. The molecule has 1 atom stereocenters. The van der Waals surface area contributed by atoms with Crippen LogP contribution in [0.4, 0.5) is 5.69 Å². The van der Waals surface area contributed by atoms with Gasteiger partial charge in [0.1, 0.15) is 12.4 Å². The van der Waals surface area contributed by atoms with Gasteiger partial charge in [-0.1, -0.05) is 11.6 Å². The number of halogens is 1. The van der Waals surface area contributed by atoms with Gasteiger partial charge in [-0.15, -0.1) is 5.10 Å². The van der Waals surface area contributed by atoms with Gasteiger partial charge in [0, 0.05) is 28.8 Å². The van der Waals surface area contributed by atoms with Crippen molar-refractivity contribution in [1.29, 1.82) is 0 Å². The van der Waals surface area contributed by atoms with E-state index in [1.54, 1.807) is 24.3 Å². The van der Waals surface area contributed by atoms with Gasteiger partial charge in [-0.25, -0.2) is 4.79 Å². The van der Waals surface area contributed by atoms with E-state index < -0.39 is 23.8 Å². The predicted octanol–water partition coefficient (Wildman–Crippen LogP) is 2.12. The lowest BCUT2D eigenvalue weighted by molar-refractivity contribution is -0.123. The first kappa shape index (κ1) is 26.7. The highest BCUT2D eigenvalue weighted by Gasteiger charge is 2.24. The average molecular weight is 563 g/mol. The number of amides is 2. The summed E-state index contributed by atoms with van der Waals surface area (Å²) in [4.78, 5) is 37.4. The van der Waals surface area contributed by atoms with Gasteiger partial charge in [-0.2, -0.15) is 9.78 Å². The molecule has 40 heavy (non-hydrogen) atoms. The van der Waals surface area contributed by atoms with Crippen molar-refractivity contribution in [2.45, 2.75) is 25.6 Å². The number of carboxylic acid groups (broad SMARTS) is 1. The SMILES string of the molecule is O=C(C=Cc1cc(Cl)ccc1-n1cnnn1)N[C@@H](Cc1cc2n(n1)CCOC2)C(=O)Nc1ccc(C(=O)O)cc1. The molecule has 1 aliphatic rings. The van der Waals surface area contributed by atoms with E-state index in [0.717, 1.165) is 5.69 Å². The van der Waals surface area contributed by atoms with Crippen LogP contribution < -0.4 is 10.6 Å². The molecule has 3 N–H and O–H groups in total. The monoisotopic (exact) mass is 562 g/mol. The number of carbonyl (C=O) groups excluding carboxylic acids is 2. The molecule has 3 heterocycles. The van der Waals surface area contributed by atoms with Crippen molar-refractivity contribution in [3.63, 3.8) is 0 Å². The maximum atomic E-state index is 13.3. The summed E-state index contributed by atoms with van der Waals surface area (Å²) in [6.07, 6.45) is 4.36. The van der Waals surface area contributed by atoms with Crippen LogP contribution in [-0.4, -0.2) is 65.5 Å². The molecule has 2 aromatic heterocycles. The number of carboxylic acids is 1. The van der Waals surface area contributed by atoms with E-state index in [-0.39, 0.29) is 12.0 Å². The Morgan fingerprint density at radius 2 is 1.98 bits per heavy atom. The first-order chi connectivity index (χ1) is 19.4. The summed E-state index contributed by atoms with van der Waals surface area (Å²) < 4.78 is 8.72. The number of tetrazole rings is 1. The van der Waals surface area contributed by atoms with Crippen LogP contribution in [-0.2, 0) is 33.9 Å². The Labute approximate surface area is 232 Å². The summed E-state index contributed by atoms with van der Waals surface area (Å²) >= 11 is 6.16. The van der Waals surface area contributed by atoms with Gasteiger partial charge in [0.2, 0.25) is 11.8 Å². The molecule has 204 valence electrons. The standard InChI is InChI=1S/C26H23ClN8O5/c27-18-4-7-23(35-15-28-32-33-35)17(11-18)3-8-24(36)30-22(13-20-12-21-14-40-10-9-34(21)31-20)25(37)29-19-5-1-16(2-6-19)26(38)39/h1-8,11-12,15,22H,9-10,13-14H2,(H,29,37)(H,30,36)(H,38,39)/t22-/m0/s1. The molecule has 2 amide bonds. The predicted molar refractivity (Wildman–Crippen MR) is 143 cm³/mol. The highest BCUT2D eigenvalue weighted by molar-refractivity contribution is 6.30. The number of nitrogens with one attached hydrogen (secondary N) is 2. The maximum absolute atomic E-state index is 13.3. The van der Waals surface area contributed by atoms with E-state index in [0.29, 0.717) is 47.4 Å². The third-order valence-corrected chi connectivity index (χ3v) is 6.29. The third kappa shape index (κ3) is 6.39. The fourth-order valence-corrected chi connectivity index (χ4v) is 4.30. The van der Waals surface area contributed by atoms with Gasteiger partial charge in [0.05, 0.1) is 42.4 Å². The van der Waals surface area contributed by atoms with E-state index in [4.69, 9.17) is 21.4 Å². The molecular weight excluding hydrogens is 540 g/mol. The van der Waals surface area contributed by atoms with E-state index >= 15 is 0 Å². The number of nitrogens with zero attached hydrogens (tertiary/aromatic N) is 6. The summed E-state index contributed by atoms with van der Waals surface area (Å²) in [7, 11) is 0. The summed E-state index contributed by atoms with van der Waals surface area (Å²) in [5.74, 6) is -2.11. The third-order valence-electron chi connectivity index (χ3n) is 6.06. The molecule has 0 saturated carbocycles. The van der Waals surface area contributed by atoms with Crippen LogP contribution in [0.2, 0.25) is 5.02 Å². The minimum atomic E-state index is -1.08. The minimum Gasteiger partial charge on any atom is -0.478 e. The normalized spacial score (nSPS) is 13.5. The number of hydrogen-bond donors (Lipinski definition) is 3. The number of fused-ring (bicyclic) bond motifs is 1. The van der Waals surface area contributed by atoms with Crippen molar-refractivity contribution in [1.82, 2.24) is 35.3 Å². The van der Waals surface area contributed by atoms with Crippen LogP contribution in [0, 0.1) is 0 Å². The molecule has 14 heteroatoms. The van der Waals surface area contributed by atoms with Crippen LogP contribution >= 0.6 is 11.6 Å². The molecule has 0 saturated heterocycles. The second-order valence-electron chi connectivity index (χ2n) is 8.83. The molecule has 0 bridgehead atoms. The number of hydrogen-bond acceptors (Lipinski definition) is 8. The molecule has 1 aliphatic heterocycles. The van der Waals surface area contributed by atoms with Crippen molar-refractivity contribution in [2.24, 2.45) is 0 Å². The molecule has 0 unspecified atom stereocenters. The molecule has 0 spiro atoms. The lowest BCUT2D eigenvalue weighted by Gasteiger charge is -2.17. The zero-order valence-corrected chi connectivity index (χ0v) is 21.7. The van der Waals surface area contributed by atoms with Crippen LogP contribution in [0.15, 0.2) is 60.9 Å². The van der Waals surface area contributed by atoms with Gasteiger partial charge in [0.15, 0.2) is 0 Å². The number of benzene rings is 2. The quantitative estimate of drug-likeness (QED) is 0.259. The highest BCUT2D eigenvalue weighted by atomic mass is 35.5. The van der Waals surface area contributed by atoms with Crippen LogP contribution in [0.5, 0.6) is 0 Å². The highest BCUT2D eigenvalue weighted by Crippen LogP contribution is 2.20. The number of carbonyl (C=O) groups is 3. The second kappa shape index (κ2) is 11.9. The first-order valence-corrected chi connectivity index (χ1v) is 12.5. The van der Waals surface area contributed by atoms with E-state index in [1.807, 2.05) is 10.7 Å². The number of rotatable bonds is 9. The zero-order chi connectivity index (χ0) is 28.1. The summed E-state index contributed by atoms with van der Waals surface area (Å²) in [5, 5.41) is 30.7. The Bertz CT molecular complexity index is 1540. The van der Waals surface area contributed by atoms with Crippen molar-refractivity contribution in [3.8, 4) is 5.69 Å². The molecule has 0 fully saturated rings. The van der Waals surface area contributed by atoms with E-state index in [1.165, 1.54) is 41.4 Å². The van der Waals surface area contributed by atoms with E-state index in [9.17, 15) is 14.4 Å². The van der Waals surface area contributed by atoms with Crippen LogP contribution in [0.25, 0.3) is 11.8 Å². The van der Waals surface area contributed by atoms with Gasteiger partial charge in [-0.3, -0.25) is 14.3 Å². The summed E-state index contributed by atoms with van der Waals surface area (Å²) in [5.41, 5.74) is 3.14. The fraction of sp³-hybridized carbons (Fsp3) is 0.192. The van der Waals surface area contributed by atoms with Gasteiger partial charge < -0.3 is 20.5 Å². The Morgan fingerprint density at radius 3 is 2.70 bits per heavy atom. The van der Waals surface area contributed by atoms with Crippen LogP contribution in [0.1, 0.15) is 27.3 Å². The Hall–Kier alpha value is -4.88. The largest absolute Gasteiger partial charge is 0.478 e. The average Bonchev–Trinajstić information content (AvgIpc) is 3.62. The smallest absolute Gasteiger partial charge is 0.335 e. The summed E-state index contributed by atoms with van der Waals surface area (Å²) in [6.45, 7) is 1.56. The Morgan fingerprint density at radius 1 is 1.15 bits per heavy atom. The molecule has 4 aromatic rings. The summed E-state index contributed by atoms with van der Waals surface area (Å²) in [6, 6.07) is 11.6. The van der Waals surface area contributed by atoms with Crippen molar-refractivity contribution < 1.29 is 24.2 Å². The number of aromatic nitrogens is 6. The van der Waals surface area contributed by atoms with Gasteiger partial charge >= 0.3 is 5.97 Å². The Kier molecular flexibility index (Phi) is 7.94. The van der Waals surface area contributed by atoms with Crippen molar-refractivity contribution in [2.75, 3.05) is 11.9 Å². The maximum Gasteiger partial charge on any atom is 0.335 e. The lowest BCUT2D eigenvalue weighted by atomic mass is 10.1. The number of aromatic carboxylic acids is 1. The number of ether oxygens (including phenoxy) is 1. The number of anilines is 1. The van der Waals surface area contributed by atoms with Crippen molar-refractivity contribution >= 4 is 41.1 Å². The first-order valence-electron chi connectivity index (χ1n) is 12.1. The van der Waals surface area contributed by atoms with Crippen molar-refractivity contribution in [3.05, 3.63) is 88.5 Å².